The van der Waals surface area contributed by atoms with Crippen molar-refractivity contribution in [2.24, 2.45) is 0 Å². The summed E-state index contributed by atoms with van der Waals surface area (Å²) in [6, 6.07) is -0.674. The number of urea groups is 1. The van der Waals surface area contributed by atoms with E-state index in [1.54, 1.807) is 11.8 Å². The number of nitrogens with zero attached hydrogens (tertiary/aromatic N) is 2. The molecule has 2 saturated heterocycles. The Kier molecular flexibility index (Phi) is 3.61. The highest BCUT2D eigenvalue weighted by Gasteiger charge is 2.45. The molecule has 0 aromatic carbocycles. The summed E-state index contributed by atoms with van der Waals surface area (Å²) < 4.78 is 22.8. The molecular weight excluding hydrogens is 256 g/mol. The lowest BCUT2D eigenvalue weighted by atomic mass is 10.0. The maximum Gasteiger partial charge on any atom is 0.327 e. The van der Waals surface area contributed by atoms with Crippen LogP contribution in [0.2, 0.25) is 0 Å². The van der Waals surface area contributed by atoms with Crippen LogP contribution in [0.25, 0.3) is 0 Å². The molecule has 0 aromatic heterocycles. The molecule has 0 unspecified atom stereocenters. The Morgan fingerprint density at radius 1 is 1.28 bits per heavy atom. The predicted molar refractivity (Wildman–Crippen MR) is 65.8 cm³/mol. The molecule has 0 bridgehead atoms. The number of carbonyl (C=O) groups is 2. The van der Waals surface area contributed by atoms with Gasteiger partial charge in [0.1, 0.15) is 6.04 Å². The van der Waals surface area contributed by atoms with Gasteiger partial charge in [0.25, 0.3) is 5.91 Å². The van der Waals surface area contributed by atoms with Crippen molar-refractivity contribution in [2.75, 3.05) is 24.6 Å². The highest BCUT2D eigenvalue weighted by atomic mass is 32.2. The summed E-state index contributed by atoms with van der Waals surface area (Å²) in [5.74, 6) is -0.330. The Morgan fingerprint density at radius 3 is 2.61 bits per heavy atom. The topological polar surface area (TPSA) is 74.8 Å². The summed E-state index contributed by atoms with van der Waals surface area (Å²) in [6.07, 6.45) is 2.56. The minimum Gasteiger partial charge on any atom is -0.312 e. The molecule has 2 fully saturated rings. The summed E-state index contributed by atoms with van der Waals surface area (Å²) in [7, 11) is -3.15. The third-order valence-corrected chi connectivity index (χ3v) is 5.28. The van der Waals surface area contributed by atoms with Gasteiger partial charge in [-0.25, -0.2) is 13.2 Å². The van der Waals surface area contributed by atoms with E-state index in [0.29, 0.717) is 13.0 Å². The van der Waals surface area contributed by atoms with Crippen LogP contribution in [-0.2, 0) is 14.6 Å². The Balaban J connectivity index is 2.05. The highest BCUT2D eigenvalue weighted by molar-refractivity contribution is 7.91. The second-order valence-electron chi connectivity index (χ2n) is 4.71. The average molecular weight is 274 g/mol. The van der Waals surface area contributed by atoms with E-state index in [1.165, 1.54) is 0 Å². The zero-order chi connectivity index (χ0) is 13.3. The summed E-state index contributed by atoms with van der Waals surface area (Å²) in [5, 5.41) is 0. The fraction of sp³-hybridized carbons (Fsp3) is 0.818. The van der Waals surface area contributed by atoms with Crippen LogP contribution in [0.3, 0.4) is 0 Å². The van der Waals surface area contributed by atoms with Gasteiger partial charge in [-0.2, -0.15) is 0 Å². The molecule has 2 aliphatic heterocycles. The highest BCUT2D eigenvalue weighted by Crippen LogP contribution is 2.26. The van der Waals surface area contributed by atoms with Gasteiger partial charge in [-0.15, -0.1) is 0 Å². The second-order valence-corrected chi connectivity index (χ2v) is 7.19. The molecule has 0 N–H and O–H groups in total. The summed E-state index contributed by atoms with van der Waals surface area (Å²) in [4.78, 5) is 26.7. The molecular formula is C11H18N2O4S. The van der Waals surface area contributed by atoms with E-state index < -0.39 is 9.84 Å². The van der Waals surface area contributed by atoms with Crippen molar-refractivity contribution in [1.82, 2.24) is 9.80 Å². The lowest BCUT2D eigenvalue weighted by Crippen LogP contribution is -2.39. The van der Waals surface area contributed by atoms with Crippen LogP contribution in [0.4, 0.5) is 4.79 Å². The molecule has 18 heavy (non-hydrogen) atoms. The lowest BCUT2D eigenvalue weighted by Gasteiger charge is -2.26. The zero-order valence-corrected chi connectivity index (χ0v) is 11.3. The minimum absolute atomic E-state index is 0.0131. The van der Waals surface area contributed by atoms with Crippen molar-refractivity contribution in [1.29, 1.82) is 0 Å². The van der Waals surface area contributed by atoms with Crippen LogP contribution < -0.4 is 0 Å². The number of amides is 3. The standard InChI is InChI=1S/C11H18N2O4S/c1-2-18(16,17)8-7-13-10(14)9-5-3-4-6-12(9)11(13)15/h9H,2-8H2,1H3/t9-/m0/s1. The van der Waals surface area contributed by atoms with Gasteiger partial charge in [-0.1, -0.05) is 6.92 Å². The molecule has 0 radical (unpaired) electrons. The van der Waals surface area contributed by atoms with E-state index in [1.807, 2.05) is 0 Å². The molecule has 1 atom stereocenters. The van der Waals surface area contributed by atoms with E-state index in [9.17, 15) is 18.0 Å². The average Bonchev–Trinajstić information content (AvgIpc) is 2.61. The normalized spacial score (nSPS) is 24.6. The van der Waals surface area contributed by atoms with Gasteiger partial charge >= 0.3 is 6.03 Å². The van der Waals surface area contributed by atoms with Gasteiger partial charge in [-0.3, -0.25) is 9.69 Å². The lowest BCUT2D eigenvalue weighted by molar-refractivity contribution is -0.128. The van der Waals surface area contributed by atoms with Crippen LogP contribution in [-0.4, -0.2) is 60.8 Å². The van der Waals surface area contributed by atoms with E-state index in [2.05, 4.69) is 0 Å². The van der Waals surface area contributed by atoms with E-state index in [-0.39, 0.29) is 36.0 Å². The number of carbonyl (C=O) groups excluding carboxylic acids is 2. The Labute approximate surface area is 107 Å². The number of sulfone groups is 1. The Morgan fingerprint density at radius 2 is 2.00 bits per heavy atom. The molecule has 2 heterocycles. The molecule has 2 rings (SSSR count). The number of rotatable bonds is 4. The first-order valence-corrected chi connectivity index (χ1v) is 8.11. The fourth-order valence-corrected chi connectivity index (χ4v) is 3.18. The molecule has 7 heteroatoms. The summed E-state index contributed by atoms with van der Waals surface area (Å²) in [5.41, 5.74) is 0. The van der Waals surface area contributed by atoms with Crippen LogP contribution in [0.15, 0.2) is 0 Å². The summed E-state index contributed by atoms with van der Waals surface area (Å²) in [6.45, 7) is 2.15. The van der Waals surface area contributed by atoms with E-state index in [4.69, 9.17) is 0 Å². The van der Waals surface area contributed by atoms with Gasteiger partial charge < -0.3 is 4.90 Å². The van der Waals surface area contributed by atoms with Crippen molar-refractivity contribution in [3.05, 3.63) is 0 Å². The Bertz CT molecular complexity index is 436. The number of piperidine rings is 1. The van der Waals surface area contributed by atoms with Crippen molar-refractivity contribution >= 4 is 21.8 Å². The molecule has 102 valence electrons. The monoisotopic (exact) mass is 274 g/mol. The van der Waals surface area contributed by atoms with E-state index >= 15 is 0 Å². The summed E-state index contributed by atoms with van der Waals surface area (Å²) >= 11 is 0. The van der Waals surface area contributed by atoms with Gasteiger partial charge in [0, 0.05) is 18.8 Å². The minimum atomic E-state index is -3.15. The fourth-order valence-electron chi connectivity index (χ4n) is 2.43. The van der Waals surface area contributed by atoms with Crippen molar-refractivity contribution in [2.45, 2.75) is 32.2 Å². The number of fused-ring (bicyclic) bond motifs is 1. The maximum atomic E-state index is 12.0. The SMILES string of the molecule is CCS(=O)(=O)CCN1C(=O)[C@@H]2CCCCN2C1=O. The third-order valence-electron chi connectivity index (χ3n) is 3.60. The van der Waals surface area contributed by atoms with Crippen molar-refractivity contribution in [3.63, 3.8) is 0 Å². The number of hydrogen-bond donors (Lipinski definition) is 0. The third kappa shape index (κ3) is 2.36. The van der Waals surface area contributed by atoms with Gasteiger partial charge in [0.2, 0.25) is 0 Å². The first-order valence-electron chi connectivity index (χ1n) is 6.28. The second kappa shape index (κ2) is 4.87. The molecule has 0 spiro atoms. The molecule has 0 aromatic rings. The Hall–Kier alpha value is -1.11. The first-order chi connectivity index (χ1) is 8.46. The van der Waals surface area contributed by atoms with Gasteiger partial charge in [0.05, 0.1) is 5.75 Å². The first kappa shape index (κ1) is 13.3. The largest absolute Gasteiger partial charge is 0.327 e. The molecule has 6 nitrogen and oxygen atoms in total. The molecule has 0 aliphatic carbocycles. The number of hydrogen-bond acceptors (Lipinski definition) is 4. The molecule has 3 amide bonds. The quantitative estimate of drug-likeness (QED) is 0.688. The van der Waals surface area contributed by atoms with Crippen LogP contribution in [0.1, 0.15) is 26.2 Å². The number of imide groups is 1. The van der Waals surface area contributed by atoms with E-state index in [0.717, 1.165) is 17.7 Å². The van der Waals surface area contributed by atoms with Crippen LogP contribution in [0, 0.1) is 0 Å². The van der Waals surface area contributed by atoms with Crippen LogP contribution >= 0.6 is 0 Å². The van der Waals surface area contributed by atoms with Gasteiger partial charge in [0.15, 0.2) is 9.84 Å². The van der Waals surface area contributed by atoms with Gasteiger partial charge in [-0.05, 0) is 19.3 Å². The molecule has 2 aliphatic rings. The predicted octanol–water partition coefficient (Wildman–Crippen LogP) is 0.238. The molecule has 0 saturated carbocycles. The maximum absolute atomic E-state index is 12.0. The van der Waals surface area contributed by atoms with Crippen LogP contribution in [0.5, 0.6) is 0 Å². The smallest absolute Gasteiger partial charge is 0.312 e. The van der Waals surface area contributed by atoms with Crippen molar-refractivity contribution < 1.29 is 18.0 Å². The zero-order valence-electron chi connectivity index (χ0n) is 10.5. The van der Waals surface area contributed by atoms with Crippen molar-refractivity contribution in [3.8, 4) is 0 Å².